The fraction of sp³-hybridized carbons (Fsp3) is 0.455. The standard InChI is InChI=1S/C11H12F3N3S2/c1-2-3-15-4-7-9(11(12,13)14)17-10(19-7)8-5-16-6-18-8/h5-6,15H,2-4H2,1H3. The summed E-state index contributed by atoms with van der Waals surface area (Å²) in [4.78, 5) is 8.48. The lowest BCUT2D eigenvalue weighted by Gasteiger charge is -2.06. The van der Waals surface area contributed by atoms with Crippen molar-refractivity contribution < 1.29 is 13.2 Å². The van der Waals surface area contributed by atoms with Crippen LogP contribution in [0.5, 0.6) is 0 Å². The molecule has 3 nitrogen and oxygen atoms in total. The van der Waals surface area contributed by atoms with Crippen molar-refractivity contribution >= 4 is 22.7 Å². The highest BCUT2D eigenvalue weighted by atomic mass is 32.1. The molecule has 0 amide bonds. The smallest absolute Gasteiger partial charge is 0.312 e. The lowest BCUT2D eigenvalue weighted by atomic mass is 10.3. The second kappa shape index (κ2) is 5.98. The molecule has 0 aliphatic rings. The minimum absolute atomic E-state index is 0.194. The summed E-state index contributed by atoms with van der Waals surface area (Å²) in [5, 5.41) is 3.36. The Balaban J connectivity index is 2.29. The van der Waals surface area contributed by atoms with E-state index >= 15 is 0 Å². The van der Waals surface area contributed by atoms with Crippen LogP contribution >= 0.6 is 22.7 Å². The van der Waals surface area contributed by atoms with Crippen molar-refractivity contribution in [3.63, 3.8) is 0 Å². The molecule has 1 N–H and O–H groups in total. The van der Waals surface area contributed by atoms with Crippen molar-refractivity contribution in [3.05, 3.63) is 22.3 Å². The largest absolute Gasteiger partial charge is 0.434 e. The van der Waals surface area contributed by atoms with Crippen LogP contribution in [-0.4, -0.2) is 16.5 Å². The fourth-order valence-electron chi connectivity index (χ4n) is 1.50. The number of thiazole rings is 2. The van der Waals surface area contributed by atoms with Crippen LogP contribution in [0.25, 0.3) is 9.88 Å². The van der Waals surface area contributed by atoms with Gasteiger partial charge in [-0.05, 0) is 13.0 Å². The number of hydrogen-bond donors (Lipinski definition) is 1. The van der Waals surface area contributed by atoms with Gasteiger partial charge in [0.2, 0.25) is 0 Å². The van der Waals surface area contributed by atoms with Gasteiger partial charge in [0.05, 0.1) is 15.3 Å². The van der Waals surface area contributed by atoms with Gasteiger partial charge in [-0.2, -0.15) is 13.2 Å². The first kappa shape index (κ1) is 14.4. The van der Waals surface area contributed by atoms with E-state index in [0.29, 0.717) is 16.4 Å². The Morgan fingerprint density at radius 3 is 2.74 bits per heavy atom. The highest BCUT2D eigenvalue weighted by molar-refractivity contribution is 7.20. The maximum absolute atomic E-state index is 12.9. The quantitative estimate of drug-likeness (QED) is 0.854. The van der Waals surface area contributed by atoms with Crippen LogP contribution in [0.15, 0.2) is 11.7 Å². The number of halogens is 3. The summed E-state index contributed by atoms with van der Waals surface area (Å²) in [6.07, 6.45) is -2.00. The molecule has 104 valence electrons. The first-order valence-corrected chi connectivity index (χ1v) is 7.38. The van der Waals surface area contributed by atoms with Crippen molar-refractivity contribution in [1.82, 2.24) is 15.3 Å². The van der Waals surface area contributed by atoms with Crippen LogP contribution in [-0.2, 0) is 12.7 Å². The highest BCUT2D eigenvalue weighted by Crippen LogP contribution is 2.38. The summed E-state index contributed by atoms with van der Waals surface area (Å²) in [5.41, 5.74) is 0.795. The maximum atomic E-state index is 12.9. The number of hydrogen-bond acceptors (Lipinski definition) is 5. The summed E-state index contributed by atoms with van der Waals surface area (Å²) in [5.74, 6) is 0. The van der Waals surface area contributed by atoms with E-state index in [1.807, 2.05) is 6.92 Å². The van der Waals surface area contributed by atoms with Crippen LogP contribution in [0.3, 0.4) is 0 Å². The Labute approximate surface area is 116 Å². The Hall–Kier alpha value is -0.990. The Kier molecular flexibility index (Phi) is 4.54. The van der Waals surface area contributed by atoms with Gasteiger partial charge in [0.25, 0.3) is 0 Å². The molecule has 19 heavy (non-hydrogen) atoms. The first-order valence-electron chi connectivity index (χ1n) is 5.69. The van der Waals surface area contributed by atoms with Gasteiger partial charge in [0, 0.05) is 12.7 Å². The van der Waals surface area contributed by atoms with E-state index in [9.17, 15) is 13.2 Å². The molecule has 0 saturated heterocycles. The molecule has 2 heterocycles. The Morgan fingerprint density at radius 2 is 2.16 bits per heavy atom. The van der Waals surface area contributed by atoms with E-state index in [-0.39, 0.29) is 11.4 Å². The second-order valence-electron chi connectivity index (χ2n) is 3.83. The average Bonchev–Trinajstić information content (AvgIpc) is 2.96. The molecule has 0 radical (unpaired) electrons. The molecular formula is C11H12F3N3S2. The predicted octanol–water partition coefficient (Wildman–Crippen LogP) is 3.79. The Bertz CT molecular complexity index is 520. The van der Waals surface area contributed by atoms with E-state index < -0.39 is 11.9 Å². The molecule has 0 unspecified atom stereocenters. The molecule has 0 atom stereocenters. The zero-order valence-corrected chi connectivity index (χ0v) is 11.8. The van der Waals surface area contributed by atoms with Crippen molar-refractivity contribution in [2.75, 3.05) is 6.54 Å². The normalized spacial score (nSPS) is 12.0. The van der Waals surface area contributed by atoms with Gasteiger partial charge in [0.1, 0.15) is 5.01 Å². The summed E-state index contributed by atoms with van der Waals surface area (Å²) in [6, 6.07) is 0. The van der Waals surface area contributed by atoms with Crippen LogP contribution in [0.2, 0.25) is 0 Å². The lowest BCUT2D eigenvalue weighted by molar-refractivity contribution is -0.141. The summed E-state index contributed by atoms with van der Waals surface area (Å²) in [7, 11) is 0. The lowest BCUT2D eigenvalue weighted by Crippen LogP contribution is -2.17. The van der Waals surface area contributed by atoms with Crippen molar-refractivity contribution in [3.8, 4) is 9.88 Å². The number of alkyl halides is 3. The molecular weight excluding hydrogens is 295 g/mol. The van der Waals surface area contributed by atoms with Crippen LogP contribution in [0, 0.1) is 0 Å². The minimum Gasteiger partial charge on any atom is -0.312 e. The second-order valence-corrected chi connectivity index (χ2v) is 5.80. The van der Waals surface area contributed by atoms with E-state index in [4.69, 9.17) is 0 Å². The van der Waals surface area contributed by atoms with Gasteiger partial charge in [-0.3, -0.25) is 4.98 Å². The molecule has 0 aliphatic heterocycles. The van der Waals surface area contributed by atoms with Gasteiger partial charge in [-0.1, -0.05) is 6.92 Å². The summed E-state index contributed by atoms with van der Waals surface area (Å²) >= 11 is 2.36. The molecule has 0 aliphatic carbocycles. The molecule has 0 spiro atoms. The molecule has 0 aromatic carbocycles. The van der Waals surface area contributed by atoms with Crippen LogP contribution in [0.4, 0.5) is 13.2 Å². The predicted molar refractivity (Wildman–Crippen MR) is 70.2 cm³/mol. The van der Waals surface area contributed by atoms with Gasteiger partial charge >= 0.3 is 6.18 Å². The van der Waals surface area contributed by atoms with Crippen LogP contribution in [0.1, 0.15) is 23.9 Å². The third-order valence-electron chi connectivity index (χ3n) is 2.32. The average molecular weight is 307 g/mol. The molecule has 0 bridgehead atoms. The van der Waals surface area contributed by atoms with Crippen molar-refractivity contribution in [2.45, 2.75) is 26.1 Å². The van der Waals surface area contributed by atoms with Gasteiger partial charge in [-0.15, -0.1) is 22.7 Å². The zero-order valence-electron chi connectivity index (χ0n) is 10.1. The number of aromatic nitrogens is 2. The van der Waals surface area contributed by atoms with Gasteiger partial charge in [-0.25, -0.2) is 4.98 Å². The van der Waals surface area contributed by atoms with Gasteiger partial charge < -0.3 is 5.32 Å². The molecule has 0 fully saturated rings. The zero-order chi connectivity index (χ0) is 13.9. The fourth-order valence-corrected chi connectivity index (χ4v) is 3.23. The highest BCUT2D eigenvalue weighted by Gasteiger charge is 2.37. The molecule has 0 saturated carbocycles. The SMILES string of the molecule is CCCNCc1sc(-c2cncs2)nc1C(F)(F)F. The first-order chi connectivity index (χ1) is 9.02. The number of rotatable bonds is 5. The maximum Gasteiger partial charge on any atom is 0.434 e. The van der Waals surface area contributed by atoms with E-state index in [2.05, 4.69) is 15.3 Å². The van der Waals surface area contributed by atoms with Crippen LogP contribution < -0.4 is 5.32 Å². The van der Waals surface area contributed by atoms with Crippen molar-refractivity contribution in [2.24, 2.45) is 0 Å². The third kappa shape index (κ3) is 3.52. The van der Waals surface area contributed by atoms with E-state index in [1.54, 1.807) is 5.51 Å². The number of nitrogens with one attached hydrogen (secondary N) is 1. The monoisotopic (exact) mass is 307 g/mol. The van der Waals surface area contributed by atoms with Gasteiger partial charge in [0.15, 0.2) is 5.69 Å². The molecule has 2 aromatic heterocycles. The van der Waals surface area contributed by atoms with E-state index in [0.717, 1.165) is 17.8 Å². The van der Waals surface area contributed by atoms with E-state index in [1.165, 1.54) is 17.5 Å². The third-order valence-corrected chi connectivity index (χ3v) is 4.32. The Morgan fingerprint density at radius 1 is 1.37 bits per heavy atom. The topological polar surface area (TPSA) is 37.8 Å². The molecule has 8 heteroatoms. The molecule has 2 aromatic rings. The minimum atomic E-state index is -4.41. The number of nitrogens with zero attached hydrogens (tertiary/aromatic N) is 2. The molecule has 2 rings (SSSR count). The van der Waals surface area contributed by atoms with Crippen molar-refractivity contribution in [1.29, 1.82) is 0 Å². The summed E-state index contributed by atoms with van der Waals surface area (Å²) in [6.45, 7) is 2.84. The summed E-state index contributed by atoms with van der Waals surface area (Å²) < 4.78 is 38.8.